The normalized spacial score (nSPS) is 22.0. The van der Waals surface area contributed by atoms with Crippen molar-refractivity contribution in [1.82, 2.24) is 15.1 Å². The number of nitrogens with one attached hydrogen (secondary N) is 1. The molecule has 2 fully saturated rings. The molecule has 0 spiro atoms. The number of guanidine groups is 1. The summed E-state index contributed by atoms with van der Waals surface area (Å²) in [6.45, 7) is 2.51. The van der Waals surface area contributed by atoms with Gasteiger partial charge < -0.3 is 20.2 Å². The second-order valence-corrected chi connectivity index (χ2v) is 4.44. The molecule has 17 heavy (non-hydrogen) atoms. The summed E-state index contributed by atoms with van der Waals surface area (Å²) in [6.07, 6.45) is 2.31. The first-order valence-electron chi connectivity index (χ1n) is 6.12. The lowest BCUT2D eigenvalue weighted by Gasteiger charge is -2.36. The van der Waals surface area contributed by atoms with E-state index in [4.69, 9.17) is 5.11 Å². The van der Waals surface area contributed by atoms with Gasteiger partial charge in [-0.2, -0.15) is 0 Å². The van der Waals surface area contributed by atoms with Gasteiger partial charge >= 0.3 is 0 Å². The van der Waals surface area contributed by atoms with Gasteiger partial charge in [0, 0.05) is 32.7 Å². The van der Waals surface area contributed by atoms with E-state index in [1.54, 1.807) is 7.05 Å². The first-order chi connectivity index (χ1) is 8.26. The van der Waals surface area contributed by atoms with Gasteiger partial charge in [-0.25, -0.2) is 0 Å². The van der Waals surface area contributed by atoms with Gasteiger partial charge in [-0.3, -0.25) is 9.79 Å². The van der Waals surface area contributed by atoms with Crippen molar-refractivity contribution in [3.63, 3.8) is 0 Å². The maximum Gasteiger partial charge on any atom is 0.242 e. The third-order valence-corrected chi connectivity index (χ3v) is 3.15. The summed E-state index contributed by atoms with van der Waals surface area (Å²) >= 11 is 0. The molecule has 0 atom stereocenters. The summed E-state index contributed by atoms with van der Waals surface area (Å²) in [6, 6.07) is 0.497. The van der Waals surface area contributed by atoms with Crippen LogP contribution in [-0.2, 0) is 4.79 Å². The number of aliphatic hydroxyl groups excluding tert-OH is 1. The summed E-state index contributed by atoms with van der Waals surface area (Å²) < 4.78 is 0. The van der Waals surface area contributed by atoms with E-state index in [1.165, 1.54) is 0 Å². The highest BCUT2D eigenvalue weighted by atomic mass is 16.3. The smallest absolute Gasteiger partial charge is 0.242 e. The summed E-state index contributed by atoms with van der Waals surface area (Å²) in [4.78, 5) is 20.0. The highest BCUT2D eigenvalue weighted by Crippen LogP contribution is 2.27. The number of nitrogens with zero attached hydrogens (tertiary/aromatic N) is 3. The average molecular weight is 240 g/mol. The lowest BCUT2D eigenvalue weighted by molar-refractivity contribution is -0.135. The van der Waals surface area contributed by atoms with E-state index >= 15 is 0 Å². The molecule has 0 radical (unpaired) electrons. The number of carbonyl (C=O) groups is 1. The molecule has 0 aromatic carbocycles. The van der Waals surface area contributed by atoms with Gasteiger partial charge in [-0.1, -0.05) is 0 Å². The first kappa shape index (κ1) is 12.2. The molecule has 1 saturated carbocycles. The molecule has 96 valence electrons. The fraction of sp³-hybridized carbons (Fsp3) is 0.818. The molecule has 6 nitrogen and oxygen atoms in total. The number of aliphatic imine (C=N–C) groups is 1. The van der Waals surface area contributed by atoms with E-state index in [9.17, 15) is 4.79 Å². The zero-order valence-electron chi connectivity index (χ0n) is 10.2. The maximum atomic E-state index is 11.9. The number of carbonyl (C=O) groups excluding carboxylic acids is 1. The van der Waals surface area contributed by atoms with Crippen molar-refractivity contribution in [3.8, 4) is 0 Å². The molecule has 1 aliphatic heterocycles. The fourth-order valence-corrected chi connectivity index (χ4v) is 2.14. The van der Waals surface area contributed by atoms with Crippen LogP contribution in [0.2, 0.25) is 0 Å². The predicted octanol–water partition coefficient (Wildman–Crippen LogP) is -1.14. The van der Waals surface area contributed by atoms with Crippen LogP contribution >= 0.6 is 0 Å². The minimum Gasteiger partial charge on any atom is -0.395 e. The van der Waals surface area contributed by atoms with Crippen LogP contribution in [-0.4, -0.2) is 72.6 Å². The van der Waals surface area contributed by atoms with E-state index < -0.39 is 0 Å². The molecule has 2 rings (SSSR count). The topological polar surface area (TPSA) is 68.2 Å². The maximum absolute atomic E-state index is 11.9. The van der Waals surface area contributed by atoms with E-state index in [0.717, 1.165) is 25.9 Å². The van der Waals surface area contributed by atoms with Gasteiger partial charge in [-0.15, -0.1) is 0 Å². The molecule has 1 amide bonds. The summed E-state index contributed by atoms with van der Waals surface area (Å²) in [5, 5.41) is 11.8. The molecular formula is C11H20N4O2. The van der Waals surface area contributed by atoms with Crippen LogP contribution in [0.15, 0.2) is 4.99 Å². The Bertz CT molecular complexity index is 315. The molecule has 2 N–H and O–H groups in total. The SMILES string of the molecule is CN=C(NCCO)N1CCN(C2CC2)C(=O)C1. The fourth-order valence-electron chi connectivity index (χ4n) is 2.14. The van der Waals surface area contributed by atoms with Crippen molar-refractivity contribution in [1.29, 1.82) is 0 Å². The Morgan fingerprint density at radius 1 is 1.53 bits per heavy atom. The molecule has 1 saturated heterocycles. The number of aliphatic hydroxyl groups is 1. The Kier molecular flexibility index (Phi) is 3.83. The van der Waals surface area contributed by atoms with Crippen molar-refractivity contribution >= 4 is 11.9 Å². The molecule has 0 aromatic rings. The average Bonchev–Trinajstić information content (AvgIpc) is 3.14. The minimum absolute atomic E-state index is 0.0645. The van der Waals surface area contributed by atoms with Crippen LogP contribution in [0.3, 0.4) is 0 Å². The lowest BCUT2D eigenvalue weighted by Crippen LogP contribution is -2.55. The summed E-state index contributed by atoms with van der Waals surface area (Å²) in [5.41, 5.74) is 0. The zero-order chi connectivity index (χ0) is 12.3. The van der Waals surface area contributed by atoms with E-state index in [2.05, 4.69) is 10.3 Å². The van der Waals surface area contributed by atoms with Crippen molar-refractivity contribution in [3.05, 3.63) is 0 Å². The van der Waals surface area contributed by atoms with Gasteiger partial charge in [-0.05, 0) is 12.8 Å². The molecule has 0 aromatic heterocycles. The van der Waals surface area contributed by atoms with Gasteiger partial charge in [0.15, 0.2) is 5.96 Å². The monoisotopic (exact) mass is 240 g/mol. The van der Waals surface area contributed by atoms with Crippen LogP contribution in [0, 0.1) is 0 Å². The largest absolute Gasteiger partial charge is 0.395 e. The van der Waals surface area contributed by atoms with Gasteiger partial charge in [0.25, 0.3) is 0 Å². The summed E-state index contributed by atoms with van der Waals surface area (Å²) in [5.74, 6) is 0.883. The molecule has 6 heteroatoms. The molecular weight excluding hydrogens is 220 g/mol. The van der Waals surface area contributed by atoms with Crippen LogP contribution in [0.1, 0.15) is 12.8 Å². The highest BCUT2D eigenvalue weighted by molar-refractivity contribution is 5.87. The van der Waals surface area contributed by atoms with E-state index in [-0.39, 0.29) is 12.5 Å². The zero-order valence-corrected chi connectivity index (χ0v) is 10.2. The van der Waals surface area contributed by atoms with Crippen LogP contribution < -0.4 is 5.32 Å². The number of amides is 1. The van der Waals surface area contributed by atoms with Gasteiger partial charge in [0.2, 0.25) is 5.91 Å². The van der Waals surface area contributed by atoms with E-state index in [1.807, 2.05) is 9.80 Å². The Balaban J connectivity index is 1.88. The van der Waals surface area contributed by atoms with Crippen LogP contribution in [0.5, 0.6) is 0 Å². The molecule has 0 bridgehead atoms. The van der Waals surface area contributed by atoms with Crippen molar-refractivity contribution in [2.45, 2.75) is 18.9 Å². The Labute approximate surface area is 101 Å². The number of hydrogen-bond donors (Lipinski definition) is 2. The quantitative estimate of drug-likeness (QED) is 0.483. The van der Waals surface area contributed by atoms with Gasteiger partial charge in [0.05, 0.1) is 13.2 Å². The second kappa shape index (κ2) is 5.35. The number of rotatable bonds is 3. The van der Waals surface area contributed by atoms with Crippen molar-refractivity contribution in [2.24, 2.45) is 4.99 Å². The molecule has 1 aliphatic carbocycles. The second-order valence-electron chi connectivity index (χ2n) is 4.44. The standard InChI is InChI=1S/C11H20N4O2/c1-12-11(13-4-7-16)14-5-6-15(9-2-3-9)10(17)8-14/h9,16H,2-8H2,1H3,(H,12,13). The Morgan fingerprint density at radius 3 is 2.82 bits per heavy atom. The van der Waals surface area contributed by atoms with Crippen molar-refractivity contribution in [2.75, 3.05) is 39.8 Å². The minimum atomic E-state index is 0.0645. The predicted molar refractivity (Wildman–Crippen MR) is 64.8 cm³/mol. The highest BCUT2D eigenvalue weighted by Gasteiger charge is 2.36. The van der Waals surface area contributed by atoms with Gasteiger partial charge in [0.1, 0.15) is 0 Å². The number of piperazine rings is 1. The van der Waals surface area contributed by atoms with E-state index in [0.29, 0.717) is 25.1 Å². The number of hydrogen-bond acceptors (Lipinski definition) is 3. The third kappa shape index (κ3) is 2.88. The van der Waals surface area contributed by atoms with Crippen LogP contribution in [0.4, 0.5) is 0 Å². The molecule has 1 heterocycles. The molecule has 2 aliphatic rings. The Hall–Kier alpha value is -1.30. The van der Waals surface area contributed by atoms with Crippen molar-refractivity contribution < 1.29 is 9.90 Å². The lowest BCUT2D eigenvalue weighted by atomic mass is 10.3. The first-order valence-corrected chi connectivity index (χ1v) is 6.12. The molecule has 0 unspecified atom stereocenters. The Morgan fingerprint density at radius 2 is 2.29 bits per heavy atom. The van der Waals surface area contributed by atoms with Crippen LogP contribution in [0.25, 0.3) is 0 Å². The third-order valence-electron chi connectivity index (χ3n) is 3.15. The summed E-state index contributed by atoms with van der Waals surface area (Å²) in [7, 11) is 1.69.